The first-order valence-corrected chi connectivity index (χ1v) is 8.75. The van der Waals surface area contributed by atoms with Crippen LogP contribution in [0.1, 0.15) is 6.42 Å². The molecule has 112 valence electrons. The third-order valence-corrected chi connectivity index (χ3v) is 4.76. The Hall–Kier alpha value is -1.32. The Morgan fingerprint density at radius 1 is 1.40 bits per heavy atom. The number of hydrogen-bond donors (Lipinski definition) is 2. The molecule has 0 aliphatic carbocycles. The van der Waals surface area contributed by atoms with Gasteiger partial charge in [-0.25, -0.2) is 13.1 Å². The molecule has 0 saturated heterocycles. The molecule has 0 amide bonds. The van der Waals surface area contributed by atoms with Crippen LogP contribution in [0.3, 0.4) is 0 Å². The van der Waals surface area contributed by atoms with Crippen LogP contribution in [0.4, 0.5) is 11.4 Å². The van der Waals surface area contributed by atoms with Gasteiger partial charge in [0.05, 0.1) is 4.92 Å². The Balaban J connectivity index is 3.02. The molecule has 0 bridgehead atoms. The number of hydrogen-bond acceptors (Lipinski definition) is 6. The Kier molecular flexibility index (Phi) is 6.24. The average molecular weight is 319 g/mol. The van der Waals surface area contributed by atoms with Crippen LogP contribution in [0.15, 0.2) is 23.1 Å². The highest BCUT2D eigenvalue weighted by Gasteiger charge is 2.25. The van der Waals surface area contributed by atoms with Gasteiger partial charge in [-0.15, -0.1) is 0 Å². The van der Waals surface area contributed by atoms with Gasteiger partial charge in [-0.2, -0.15) is 11.8 Å². The number of nitrogens with one attached hydrogen (secondary N) is 2. The van der Waals surface area contributed by atoms with Crippen LogP contribution in [0, 0.1) is 10.1 Å². The summed E-state index contributed by atoms with van der Waals surface area (Å²) in [5, 5.41) is 13.7. The number of benzene rings is 1. The van der Waals surface area contributed by atoms with Crippen LogP contribution in [0.5, 0.6) is 0 Å². The molecule has 0 spiro atoms. The van der Waals surface area contributed by atoms with E-state index in [4.69, 9.17) is 0 Å². The molecule has 0 aromatic heterocycles. The highest BCUT2D eigenvalue weighted by Crippen LogP contribution is 2.26. The van der Waals surface area contributed by atoms with Crippen molar-refractivity contribution >= 4 is 33.2 Å². The van der Waals surface area contributed by atoms with E-state index in [2.05, 4.69) is 10.0 Å². The first-order valence-electron chi connectivity index (χ1n) is 5.87. The summed E-state index contributed by atoms with van der Waals surface area (Å²) in [7, 11) is -2.27. The molecule has 9 heteroatoms. The van der Waals surface area contributed by atoms with Crippen molar-refractivity contribution in [2.45, 2.75) is 11.3 Å². The third kappa shape index (κ3) is 4.36. The lowest BCUT2D eigenvalue weighted by Crippen LogP contribution is -2.25. The second-order valence-corrected chi connectivity index (χ2v) is 6.65. The van der Waals surface area contributed by atoms with Gasteiger partial charge in [0.25, 0.3) is 5.69 Å². The van der Waals surface area contributed by atoms with Crippen molar-refractivity contribution in [3.63, 3.8) is 0 Å². The molecule has 0 aliphatic rings. The van der Waals surface area contributed by atoms with Gasteiger partial charge in [0.2, 0.25) is 10.0 Å². The van der Waals surface area contributed by atoms with Crippen LogP contribution in [0.25, 0.3) is 0 Å². The minimum absolute atomic E-state index is 0.258. The smallest absolute Gasteiger partial charge is 0.291 e. The summed E-state index contributed by atoms with van der Waals surface area (Å²) >= 11 is 1.61. The number of nitro groups is 1. The Morgan fingerprint density at radius 2 is 2.10 bits per heavy atom. The van der Waals surface area contributed by atoms with Crippen LogP contribution in [-0.2, 0) is 10.0 Å². The molecule has 0 atom stereocenters. The second kappa shape index (κ2) is 7.46. The summed E-state index contributed by atoms with van der Waals surface area (Å²) in [5.41, 5.74) is 0.0484. The lowest BCUT2D eigenvalue weighted by Gasteiger charge is -2.08. The van der Waals surface area contributed by atoms with E-state index >= 15 is 0 Å². The zero-order valence-corrected chi connectivity index (χ0v) is 12.9. The van der Waals surface area contributed by atoms with Crippen LogP contribution in [-0.4, -0.2) is 38.9 Å². The molecular weight excluding hydrogens is 302 g/mol. The maximum absolute atomic E-state index is 12.1. The molecule has 0 saturated carbocycles. The van der Waals surface area contributed by atoms with Crippen LogP contribution < -0.4 is 10.0 Å². The van der Waals surface area contributed by atoms with Crippen molar-refractivity contribution in [1.29, 1.82) is 0 Å². The lowest BCUT2D eigenvalue weighted by molar-refractivity contribution is -0.387. The van der Waals surface area contributed by atoms with E-state index in [0.29, 0.717) is 12.1 Å². The highest BCUT2D eigenvalue weighted by molar-refractivity contribution is 7.98. The number of thioether (sulfide) groups is 1. The Labute approximate surface area is 122 Å². The van der Waals surface area contributed by atoms with E-state index in [-0.39, 0.29) is 11.4 Å². The summed E-state index contributed by atoms with van der Waals surface area (Å²) in [6.45, 7) is 0.258. The monoisotopic (exact) mass is 319 g/mol. The van der Waals surface area contributed by atoms with Gasteiger partial charge >= 0.3 is 0 Å². The molecule has 20 heavy (non-hydrogen) atoms. The molecule has 2 N–H and O–H groups in total. The molecule has 1 rings (SSSR count). The van der Waals surface area contributed by atoms with Gasteiger partial charge in [-0.3, -0.25) is 10.1 Å². The number of rotatable bonds is 8. The summed E-state index contributed by atoms with van der Waals surface area (Å²) in [6, 6.07) is 3.93. The van der Waals surface area contributed by atoms with Gasteiger partial charge in [-0.05, 0) is 30.6 Å². The number of anilines is 1. The number of nitro benzene ring substituents is 1. The molecule has 0 unspecified atom stereocenters. The fraction of sp³-hybridized carbons (Fsp3) is 0.455. The standard InChI is InChI=1S/C11H17N3O4S2/c1-12-9-4-5-11(10(8-9)14(15)16)20(17,18)13-6-3-7-19-2/h4-5,8,12-13H,3,6-7H2,1-2H3. The topological polar surface area (TPSA) is 101 Å². The zero-order valence-electron chi connectivity index (χ0n) is 11.3. The minimum atomic E-state index is -3.87. The van der Waals surface area contributed by atoms with Crippen molar-refractivity contribution in [2.75, 3.05) is 30.9 Å². The SMILES string of the molecule is CNc1ccc(S(=O)(=O)NCCCSC)c([N+](=O)[O-])c1. The summed E-state index contributed by atoms with van der Waals surface area (Å²) in [6.07, 6.45) is 2.60. The molecular formula is C11H17N3O4S2. The van der Waals surface area contributed by atoms with E-state index in [0.717, 1.165) is 5.75 Å². The minimum Gasteiger partial charge on any atom is -0.388 e. The molecule has 1 aromatic rings. The fourth-order valence-electron chi connectivity index (χ4n) is 1.54. The summed E-state index contributed by atoms with van der Waals surface area (Å²) < 4.78 is 26.5. The van der Waals surface area contributed by atoms with Crippen molar-refractivity contribution in [2.24, 2.45) is 0 Å². The van der Waals surface area contributed by atoms with E-state index in [1.807, 2.05) is 6.26 Å². The second-order valence-electron chi connectivity index (χ2n) is 3.93. The Bertz CT molecular complexity index is 575. The predicted octanol–water partition coefficient (Wildman–Crippen LogP) is 1.67. The molecule has 1 aromatic carbocycles. The van der Waals surface area contributed by atoms with Crippen LogP contribution >= 0.6 is 11.8 Å². The third-order valence-electron chi connectivity index (χ3n) is 2.55. The quantitative estimate of drug-likeness (QED) is 0.429. The van der Waals surface area contributed by atoms with Gasteiger partial charge in [0.15, 0.2) is 4.90 Å². The van der Waals surface area contributed by atoms with Crippen molar-refractivity contribution < 1.29 is 13.3 Å². The van der Waals surface area contributed by atoms with Crippen molar-refractivity contribution in [3.8, 4) is 0 Å². The maximum atomic E-state index is 12.1. The average Bonchev–Trinajstić information content (AvgIpc) is 2.42. The maximum Gasteiger partial charge on any atom is 0.291 e. The predicted molar refractivity (Wildman–Crippen MR) is 80.8 cm³/mol. The van der Waals surface area contributed by atoms with E-state index in [1.54, 1.807) is 18.8 Å². The van der Waals surface area contributed by atoms with E-state index in [1.165, 1.54) is 18.2 Å². The molecule has 0 aliphatic heterocycles. The lowest BCUT2D eigenvalue weighted by atomic mass is 10.3. The van der Waals surface area contributed by atoms with Gasteiger partial charge < -0.3 is 5.32 Å². The molecule has 0 radical (unpaired) electrons. The first kappa shape index (κ1) is 16.7. The van der Waals surface area contributed by atoms with Crippen molar-refractivity contribution in [3.05, 3.63) is 28.3 Å². The Morgan fingerprint density at radius 3 is 2.65 bits per heavy atom. The summed E-state index contributed by atoms with van der Waals surface area (Å²) in [4.78, 5) is 9.98. The van der Waals surface area contributed by atoms with E-state index < -0.39 is 20.6 Å². The fourth-order valence-corrected chi connectivity index (χ4v) is 3.20. The molecule has 7 nitrogen and oxygen atoms in total. The summed E-state index contributed by atoms with van der Waals surface area (Å²) in [5.74, 6) is 0.823. The van der Waals surface area contributed by atoms with Crippen LogP contribution in [0.2, 0.25) is 0 Å². The van der Waals surface area contributed by atoms with E-state index in [9.17, 15) is 18.5 Å². The highest BCUT2D eigenvalue weighted by atomic mass is 32.2. The number of nitrogens with zero attached hydrogens (tertiary/aromatic N) is 1. The van der Waals surface area contributed by atoms with Gasteiger partial charge in [-0.1, -0.05) is 0 Å². The normalized spacial score (nSPS) is 11.3. The van der Waals surface area contributed by atoms with Crippen molar-refractivity contribution in [1.82, 2.24) is 4.72 Å². The molecule has 0 fully saturated rings. The largest absolute Gasteiger partial charge is 0.388 e. The van der Waals surface area contributed by atoms with Gasteiger partial charge in [0.1, 0.15) is 0 Å². The molecule has 0 heterocycles. The zero-order chi connectivity index (χ0) is 15.2. The van der Waals surface area contributed by atoms with Gasteiger partial charge in [0, 0.05) is 25.3 Å². The number of sulfonamides is 1. The first-order chi connectivity index (χ1) is 9.42.